The molecular formula is C8H8F5NO2S. The van der Waals surface area contributed by atoms with E-state index in [0.29, 0.717) is 6.07 Å². The van der Waals surface area contributed by atoms with Crippen LogP contribution in [0.2, 0.25) is 0 Å². The minimum atomic E-state index is -9.89. The van der Waals surface area contributed by atoms with Crippen molar-refractivity contribution in [2.45, 2.75) is 11.8 Å². The van der Waals surface area contributed by atoms with Crippen LogP contribution < -0.4 is 5.73 Å². The molecule has 0 spiro atoms. The SMILES string of the molecule is Cc1cc(S(F)(F)(F)(F)F)c(N)cc1C(=O)O. The van der Waals surface area contributed by atoms with E-state index in [1.54, 1.807) is 0 Å². The minimum absolute atomic E-state index is 0.0559. The largest absolute Gasteiger partial charge is 0.478 e. The molecule has 0 aliphatic heterocycles. The second-order valence-electron chi connectivity index (χ2n) is 3.48. The number of hydrogen-bond donors (Lipinski definition) is 2. The number of benzene rings is 1. The Labute approximate surface area is 92.8 Å². The fraction of sp³-hybridized carbons (Fsp3) is 0.125. The summed E-state index contributed by atoms with van der Waals surface area (Å²) in [7, 11) is -9.89. The molecule has 0 radical (unpaired) electrons. The summed E-state index contributed by atoms with van der Waals surface area (Å²) in [5, 5.41) is 8.60. The molecule has 0 unspecified atom stereocenters. The maximum Gasteiger partial charge on any atom is 0.336 e. The third-order valence-corrected chi connectivity index (χ3v) is 3.19. The van der Waals surface area contributed by atoms with Gasteiger partial charge in [0.25, 0.3) is 0 Å². The van der Waals surface area contributed by atoms with Crippen LogP contribution >= 0.6 is 10.2 Å². The molecule has 0 saturated carbocycles. The zero-order valence-corrected chi connectivity index (χ0v) is 9.20. The Kier molecular flexibility index (Phi) is 2.26. The van der Waals surface area contributed by atoms with Gasteiger partial charge in [-0.25, -0.2) is 4.79 Å². The van der Waals surface area contributed by atoms with Gasteiger partial charge in [-0.05, 0) is 24.6 Å². The van der Waals surface area contributed by atoms with Crippen molar-refractivity contribution < 1.29 is 29.3 Å². The van der Waals surface area contributed by atoms with Crippen molar-refractivity contribution in [1.29, 1.82) is 0 Å². The van der Waals surface area contributed by atoms with Crippen LogP contribution in [0.15, 0.2) is 17.0 Å². The molecule has 0 atom stereocenters. The molecule has 0 aromatic heterocycles. The van der Waals surface area contributed by atoms with Gasteiger partial charge in [0, 0.05) is 0 Å². The number of aromatic carboxylic acids is 1. The van der Waals surface area contributed by atoms with Crippen LogP contribution in [-0.4, -0.2) is 11.1 Å². The van der Waals surface area contributed by atoms with Crippen molar-refractivity contribution in [3.8, 4) is 0 Å². The van der Waals surface area contributed by atoms with Crippen LogP contribution in [0.1, 0.15) is 15.9 Å². The fourth-order valence-electron chi connectivity index (χ4n) is 1.26. The number of carboxylic acids is 1. The molecule has 0 aliphatic rings. The monoisotopic (exact) mass is 277 g/mol. The maximum atomic E-state index is 12.5. The summed E-state index contributed by atoms with van der Waals surface area (Å²) >= 11 is 0. The number of hydrogen-bond acceptors (Lipinski definition) is 2. The molecule has 3 nitrogen and oxygen atoms in total. The lowest BCUT2D eigenvalue weighted by Crippen LogP contribution is -2.12. The number of anilines is 1. The zero-order valence-electron chi connectivity index (χ0n) is 8.39. The number of rotatable bonds is 2. The summed E-state index contributed by atoms with van der Waals surface area (Å²) in [6.45, 7) is 0.982. The lowest BCUT2D eigenvalue weighted by atomic mass is 10.1. The van der Waals surface area contributed by atoms with E-state index >= 15 is 0 Å². The van der Waals surface area contributed by atoms with Crippen molar-refractivity contribution >= 4 is 21.9 Å². The van der Waals surface area contributed by atoms with Gasteiger partial charge in [0.05, 0.1) is 11.3 Å². The van der Waals surface area contributed by atoms with E-state index in [2.05, 4.69) is 0 Å². The predicted octanol–water partition coefficient (Wildman–Crippen LogP) is 3.93. The Balaban J connectivity index is 3.64. The molecule has 9 heteroatoms. The topological polar surface area (TPSA) is 63.3 Å². The van der Waals surface area contributed by atoms with E-state index in [1.807, 2.05) is 0 Å². The van der Waals surface area contributed by atoms with E-state index in [9.17, 15) is 24.2 Å². The smallest absolute Gasteiger partial charge is 0.336 e. The Morgan fingerprint density at radius 3 is 2.06 bits per heavy atom. The van der Waals surface area contributed by atoms with Crippen LogP contribution in [0.5, 0.6) is 0 Å². The molecule has 3 N–H and O–H groups in total. The molecule has 1 rings (SSSR count). The van der Waals surface area contributed by atoms with Crippen LogP contribution in [0.25, 0.3) is 0 Å². The van der Waals surface area contributed by atoms with Gasteiger partial charge >= 0.3 is 16.2 Å². The lowest BCUT2D eigenvalue weighted by Gasteiger charge is -2.41. The predicted molar refractivity (Wildman–Crippen MR) is 53.9 cm³/mol. The van der Waals surface area contributed by atoms with Gasteiger partial charge in [0.1, 0.15) is 4.90 Å². The van der Waals surface area contributed by atoms with Gasteiger partial charge in [-0.3, -0.25) is 0 Å². The van der Waals surface area contributed by atoms with Crippen molar-refractivity contribution in [2.24, 2.45) is 0 Å². The Morgan fingerprint density at radius 1 is 1.24 bits per heavy atom. The Bertz CT molecular complexity index is 510. The van der Waals surface area contributed by atoms with E-state index in [4.69, 9.17) is 10.8 Å². The van der Waals surface area contributed by atoms with Crippen LogP contribution in [0.4, 0.5) is 25.1 Å². The molecule has 17 heavy (non-hydrogen) atoms. The van der Waals surface area contributed by atoms with Crippen LogP contribution in [0, 0.1) is 6.92 Å². The quantitative estimate of drug-likeness (QED) is 0.636. The molecular weight excluding hydrogens is 269 g/mol. The van der Waals surface area contributed by atoms with Gasteiger partial charge in [0.2, 0.25) is 0 Å². The number of nitrogens with two attached hydrogens (primary N) is 1. The average Bonchev–Trinajstić information content (AvgIpc) is 2.03. The van der Waals surface area contributed by atoms with E-state index in [0.717, 1.165) is 6.92 Å². The second-order valence-corrected chi connectivity index (χ2v) is 5.86. The molecule has 1 aromatic carbocycles. The van der Waals surface area contributed by atoms with Gasteiger partial charge in [0.15, 0.2) is 0 Å². The van der Waals surface area contributed by atoms with Gasteiger partial charge in [-0.1, -0.05) is 19.4 Å². The number of halogens is 5. The van der Waals surface area contributed by atoms with E-state index in [1.165, 1.54) is 0 Å². The third kappa shape index (κ3) is 2.78. The Morgan fingerprint density at radius 2 is 1.71 bits per heavy atom. The number of aryl methyl sites for hydroxylation is 1. The maximum absolute atomic E-state index is 12.5. The van der Waals surface area contributed by atoms with Crippen molar-refractivity contribution in [1.82, 2.24) is 0 Å². The number of nitrogen functional groups attached to an aromatic ring is 1. The molecule has 0 fully saturated rings. The zero-order chi connectivity index (χ0) is 13.7. The fourth-order valence-corrected chi connectivity index (χ4v) is 2.17. The van der Waals surface area contributed by atoms with Crippen molar-refractivity contribution in [3.05, 3.63) is 23.3 Å². The summed E-state index contributed by atoms with van der Waals surface area (Å²) in [5.41, 5.74) is 2.57. The highest BCUT2D eigenvalue weighted by Gasteiger charge is 2.66. The first-order chi connectivity index (χ1) is 7.22. The molecule has 0 saturated heterocycles. The van der Waals surface area contributed by atoms with Gasteiger partial charge < -0.3 is 10.8 Å². The molecule has 0 amide bonds. The van der Waals surface area contributed by atoms with Crippen LogP contribution in [-0.2, 0) is 0 Å². The highest BCUT2D eigenvalue weighted by Crippen LogP contribution is 3.02. The van der Waals surface area contributed by atoms with Gasteiger partial charge in [-0.15, -0.1) is 0 Å². The summed E-state index contributed by atoms with van der Waals surface area (Å²) in [4.78, 5) is 8.32. The number of carbonyl (C=O) groups is 1. The van der Waals surface area contributed by atoms with Crippen molar-refractivity contribution in [2.75, 3.05) is 5.73 Å². The van der Waals surface area contributed by atoms with E-state index in [-0.39, 0.29) is 6.07 Å². The second kappa shape index (κ2) is 2.84. The molecule has 0 bridgehead atoms. The first-order valence-electron chi connectivity index (χ1n) is 4.10. The average molecular weight is 277 g/mol. The van der Waals surface area contributed by atoms with Gasteiger partial charge in [-0.2, -0.15) is 0 Å². The Hall–Kier alpha value is -1.51. The standard InChI is InChI=1S/C8H8F5NO2S/c1-4-2-7(17(9,10,11,12)13)6(14)3-5(4)8(15)16/h2-3H,14H2,1H3,(H,15,16). The normalized spacial score (nSPS) is 16.1. The molecule has 0 aliphatic carbocycles. The highest BCUT2D eigenvalue weighted by atomic mass is 32.5. The van der Waals surface area contributed by atoms with Crippen molar-refractivity contribution in [3.63, 3.8) is 0 Å². The summed E-state index contributed by atoms with van der Waals surface area (Å²) in [6, 6.07) is 0.436. The summed E-state index contributed by atoms with van der Waals surface area (Å²) < 4.78 is 62.5. The highest BCUT2D eigenvalue weighted by molar-refractivity contribution is 8.45. The summed E-state index contributed by atoms with van der Waals surface area (Å²) in [5.74, 6) is -1.54. The minimum Gasteiger partial charge on any atom is -0.478 e. The third-order valence-electron chi connectivity index (χ3n) is 2.00. The molecule has 1 aromatic rings. The first-order valence-corrected chi connectivity index (χ1v) is 6.05. The summed E-state index contributed by atoms with van der Waals surface area (Å²) in [6.07, 6.45) is 0. The number of carboxylic acid groups (broad SMARTS) is 1. The lowest BCUT2D eigenvalue weighted by molar-refractivity contribution is 0.0696. The molecule has 0 heterocycles. The van der Waals surface area contributed by atoms with E-state index < -0.39 is 37.9 Å². The van der Waals surface area contributed by atoms with Crippen LogP contribution in [0.3, 0.4) is 0 Å². The molecule has 98 valence electrons. The first kappa shape index (κ1) is 13.6.